The summed E-state index contributed by atoms with van der Waals surface area (Å²) in [6, 6.07) is 0. The van der Waals surface area contributed by atoms with Crippen LogP contribution in [0.1, 0.15) is 12.8 Å². The molecule has 0 aromatic rings. The Labute approximate surface area is 66.3 Å². The molecule has 1 fully saturated rings. The largest absolute Gasteiger partial charge is 0.536 e. The summed E-state index contributed by atoms with van der Waals surface area (Å²) < 4.78 is 14.8. The maximum absolute atomic E-state index is 10.4. The Kier molecular flexibility index (Phi) is 2.96. The molecule has 0 radical (unpaired) electrons. The van der Waals surface area contributed by atoms with Crippen molar-refractivity contribution in [2.75, 3.05) is 19.9 Å². The maximum atomic E-state index is 10.4. The Morgan fingerprint density at radius 2 is 2.27 bits per heavy atom. The van der Waals surface area contributed by atoms with Crippen LogP contribution in [-0.4, -0.2) is 25.0 Å². The zero-order chi connectivity index (χ0) is 8.32. The Morgan fingerprint density at radius 3 is 2.64 bits per heavy atom. The summed E-state index contributed by atoms with van der Waals surface area (Å²) in [5.74, 6) is 0. The number of rotatable bonds is 5. The minimum absolute atomic E-state index is 0.0919. The summed E-state index contributed by atoms with van der Waals surface area (Å²) in [4.78, 5) is 4.67. The number of aliphatic hydroxyl groups is 1. The van der Waals surface area contributed by atoms with Crippen molar-refractivity contribution in [2.24, 2.45) is 5.41 Å². The first-order valence-corrected chi connectivity index (χ1v) is 5.12. The number of aliphatic hydroxyl groups excluding tert-OH is 1. The topological polar surface area (TPSA) is 55.8 Å². The van der Waals surface area contributed by atoms with E-state index in [2.05, 4.69) is 9.56 Å². The Balaban J connectivity index is 2.07. The van der Waals surface area contributed by atoms with Crippen LogP contribution in [0.2, 0.25) is 0 Å². The lowest BCUT2D eigenvalue weighted by Gasteiger charge is -2.06. The molecule has 4 nitrogen and oxygen atoms in total. The van der Waals surface area contributed by atoms with Crippen molar-refractivity contribution in [3.05, 3.63) is 0 Å². The quantitative estimate of drug-likeness (QED) is 0.389. The highest BCUT2D eigenvalue weighted by Gasteiger charge is 2.43. The zero-order valence-electron chi connectivity index (χ0n) is 6.45. The molecule has 1 N–H and O–H groups in total. The summed E-state index contributed by atoms with van der Waals surface area (Å²) in [6.07, 6.45) is 1.93. The van der Waals surface area contributed by atoms with Gasteiger partial charge >= 0.3 is 8.03 Å². The molecular formula is C6H12O4P+. The van der Waals surface area contributed by atoms with E-state index in [4.69, 9.17) is 5.11 Å². The van der Waals surface area contributed by atoms with Crippen LogP contribution < -0.4 is 0 Å². The molecule has 1 aliphatic carbocycles. The van der Waals surface area contributed by atoms with Gasteiger partial charge in [-0.2, -0.15) is 4.89 Å². The number of hydrogen-bond acceptors (Lipinski definition) is 4. The minimum Gasteiger partial charge on any atom is -0.396 e. The van der Waals surface area contributed by atoms with E-state index in [0.717, 1.165) is 12.8 Å². The fraction of sp³-hybridized carbons (Fsp3) is 1.00. The second-order valence-electron chi connectivity index (χ2n) is 2.93. The summed E-state index contributed by atoms with van der Waals surface area (Å²) in [7, 11) is -1.68. The van der Waals surface area contributed by atoms with Gasteiger partial charge in [0.1, 0.15) is 0 Å². The van der Waals surface area contributed by atoms with Crippen molar-refractivity contribution in [1.29, 1.82) is 0 Å². The Morgan fingerprint density at radius 1 is 1.64 bits per heavy atom. The van der Waals surface area contributed by atoms with E-state index in [0.29, 0.717) is 6.61 Å². The molecule has 1 aliphatic rings. The predicted molar refractivity (Wildman–Crippen MR) is 39.3 cm³/mol. The van der Waals surface area contributed by atoms with Crippen LogP contribution in [0.5, 0.6) is 0 Å². The fourth-order valence-corrected chi connectivity index (χ4v) is 0.952. The van der Waals surface area contributed by atoms with E-state index < -0.39 is 8.03 Å². The van der Waals surface area contributed by atoms with Crippen LogP contribution >= 0.6 is 8.03 Å². The lowest BCUT2D eigenvalue weighted by molar-refractivity contribution is -0.216. The molecule has 0 aromatic heterocycles. The van der Waals surface area contributed by atoms with Crippen LogP contribution in [0.25, 0.3) is 0 Å². The molecule has 1 saturated carbocycles. The van der Waals surface area contributed by atoms with Crippen molar-refractivity contribution in [3.8, 4) is 0 Å². The molecule has 0 aromatic carbocycles. The van der Waals surface area contributed by atoms with Gasteiger partial charge in [0.15, 0.2) is 6.66 Å². The van der Waals surface area contributed by atoms with E-state index in [1.807, 2.05) is 0 Å². The third-order valence-corrected chi connectivity index (χ3v) is 2.13. The second-order valence-corrected chi connectivity index (χ2v) is 3.96. The van der Waals surface area contributed by atoms with Crippen LogP contribution in [0, 0.1) is 5.41 Å². The molecule has 1 unspecified atom stereocenters. The van der Waals surface area contributed by atoms with Gasteiger partial charge in [0, 0.05) is 10.1 Å². The highest BCUT2D eigenvalue weighted by atomic mass is 31.1. The van der Waals surface area contributed by atoms with Crippen molar-refractivity contribution in [3.63, 3.8) is 0 Å². The van der Waals surface area contributed by atoms with Crippen LogP contribution in [-0.2, 0) is 14.1 Å². The zero-order valence-corrected chi connectivity index (χ0v) is 7.34. The first-order chi connectivity index (χ1) is 5.18. The monoisotopic (exact) mass is 179 g/mol. The third kappa shape index (κ3) is 2.83. The van der Waals surface area contributed by atoms with E-state index in [9.17, 15) is 4.57 Å². The first-order valence-electron chi connectivity index (χ1n) is 3.50. The average molecular weight is 179 g/mol. The van der Waals surface area contributed by atoms with Crippen LogP contribution in [0.4, 0.5) is 0 Å². The smallest absolute Gasteiger partial charge is 0.396 e. The van der Waals surface area contributed by atoms with Gasteiger partial charge in [0.2, 0.25) is 0 Å². The van der Waals surface area contributed by atoms with Gasteiger partial charge in [-0.25, -0.2) is 0 Å². The van der Waals surface area contributed by atoms with Crippen molar-refractivity contribution in [2.45, 2.75) is 12.8 Å². The molecule has 5 heteroatoms. The molecular weight excluding hydrogens is 167 g/mol. The van der Waals surface area contributed by atoms with E-state index in [1.54, 1.807) is 0 Å². The molecule has 0 amide bonds. The van der Waals surface area contributed by atoms with E-state index in [-0.39, 0.29) is 12.0 Å². The maximum Gasteiger partial charge on any atom is 0.536 e. The van der Waals surface area contributed by atoms with Gasteiger partial charge in [-0.3, -0.25) is 0 Å². The lowest BCUT2D eigenvalue weighted by Crippen LogP contribution is -2.13. The summed E-state index contributed by atoms with van der Waals surface area (Å²) in [5, 5.41) is 8.81. The highest BCUT2D eigenvalue weighted by Crippen LogP contribution is 2.45. The second kappa shape index (κ2) is 3.59. The van der Waals surface area contributed by atoms with Gasteiger partial charge in [0.05, 0.1) is 13.2 Å². The van der Waals surface area contributed by atoms with Gasteiger partial charge in [-0.05, 0) is 17.4 Å². The van der Waals surface area contributed by atoms with E-state index in [1.165, 1.54) is 6.66 Å². The summed E-state index contributed by atoms with van der Waals surface area (Å²) in [6.45, 7) is 1.89. The lowest BCUT2D eigenvalue weighted by atomic mass is 10.1. The molecule has 0 bridgehead atoms. The molecule has 0 aliphatic heterocycles. The summed E-state index contributed by atoms with van der Waals surface area (Å²) in [5.41, 5.74) is -0.0919. The van der Waals surface area contributed by atoms with Gasteiger partial charge in [0.25, 0.3) is 0 Å². The molecule has 1 rings (SSSR count). The Bertz CT molecular complexity index is 155. The minimum atomic E-state index is -1.68. The average Bonchev–Trinajstić information content (AvgIpc) is 2.69. The highest BCUT2D eigenvalue weighted by molar-refractivity contribution is 7.37. The predicted octanol–water partition coefficient (Wildman–Crippen LogP) is 1.08. The van der Waals surface area contributed by atoms with Crippen molar-refractivity contribution < 1.29 is 19.2 Å². The molecule has 0 heterocycles. The van der Waals surface area contributed by atoms with Crippen molar-refractivity contribution in [1.82, 2.24) is 0 Å². The Hall–Kier alpha value is -0.0200. The normalized spacial score (nSPS) is 21.5. The van der Waals surface area contributed by atoms with Gasteiger partial charge < -0.3 is 5.11 Å². The first kappa shape index (κ1) is 9.07. The van der Waals surface area contributed by atoms with Gasteiger partial charge in [-0.1, -0.05) is 0 Å². The molecule has 11 heavy (non-hydrogen) atoms. The fourth-order valence-electron chi connectivity index (χ4n) is 0.750. The SMILES string of the molecule is C[P+](=O)OOCC1(CO)CC1. The standard InChI is InChI=1S/C6H12O4P/c1-11(8)10-9-5-6(4-7)2-3-6/h7H,2-5H2,1H3/q+1. The van der Waals surface area contributed by atoms with Crippen LogP contribution in [0.15, 0.2) is 0 Å². The molecule has 0 saturated heterocycles. The van der Waals surface area contributed by atoms with E-state index >= 15 is 0 Å². The number of hydrogen-bond donors (Lipinski definition) is 1. The van der Waals surface area contributed by atoms with Crippen molar-refractivity contribution >= 4 is 8.03 Å². The molecule has 1 atom stereocenters. The molecule has 64 valence electrons. The summed E-state index contributed by atoms with van der Waals surface area (Å²) >= 11 is 0. The van der Waals surface area contributed by atoms with Gasteiger partial charge in [-0.15, -0.1) is 0 Å². The third-order valence-electron chi connectivity index (χ3n) is 1.82. The molecule has 0 spiro atoms. The van der Waals surface area contributed by atoms with Crippen LogP contribution in [0.3, 0.4) is 0 Å².